The number of carbonyl (C=O) groups is 1. The minimum atomic E-state index is -4.00. The van der Waals surface area contributed by atoms with Crippen molar-refractivity contribution in [2.45, 2.75) is 17.9 Å². The van der Waals surface area contributed by atoms with Gasteiger partial charge in [-0.25, -0.2) is 8.42 Å². The molecule has 0 aliphatic carbocycles. The SMILES string of the molecule is Cc1ccc(S(=O)(=O)N(CC(=O)N2CCN(C(c3ccccc3)c3ccccc3)CC2)c2cccc(Cl)c2)cc1. The quantitative estimate of drug-likeness (QED) is 0.268. The number of hydrogen-bond acceptors (Lipinski definition) is 4. The molecule has 0 unspecified atom stereocenters. The molecule has 1 aliphatic rings. The zero-order valence-corrected chi connectivity index (χ0v) is 23.9. The molecule has 8 heteroatoms. The highest BCUT2D eigenvalue weighted by molar-refractivity contribution is 7.92. The first-order valence-corrected chi connectivity index (χ1v) is 15.1. The second kappa shape index (κ2) is 12.3. The molecule has 4 aromatic rings. The topological polar surface area (TPSA) is 60.9 Å². The Kier molecular flexibility index (Phi) is 8.54. The predicted molar refractivity (Wildman–Crippen MR) is 160 cm³/mol. The van der Waals surface area contributed by atoms with E-state index in [0.717, 1.165) is 9.87 Å². The van der Waals surface area contributed by atoms with Crippen molar-refractivity contribution in [1.29, 1.82) is 0 Å². The Bertz CT molecular complexity index is 1500. The van der Waals surface area contributed by atoms with Gasteiger partial charge in [-0.15, -0.1) is 0 Å². The summed E-state index contributed by atoms with van der Waals surface area (Å²) < 4.78 is 28.6. The average Bonchev–Trinajstić information content (AvgIpc) is 2.97. The van der Waals surface area contributed by atoms with Crippen LogP contribution in [-0.4, -0.2) is 56.8 Å². The molecule has 40 heavy (non-hydrogen) atoms. The van der Waals surface area contributed by atoms with Crippen LogP contribution in [0.15, 0.2) is 114 Å². The summed E-state index contributed by atoms with van der Waals surface area (Å²) in [6, 6.07) is 34.0. The van der Waals surface area contributed by atoms with E-state index in [4.69, 9.17) is 11.6 Å². The first-order chi connectivity index (χ1) is 19.3. The predicted octanol–water partition coefficient (Wildman–Crippen LogP) is 5.78. The fourth-order valence-corrected chi connectivity index (χ4v) is 6.71. The van der Waals surface area contributed by atoms with Crippen LogP contribution in [0, 0.1) is 6.92 Å². The van der Waals surface area contributed by atoms with Crippen LogP contribution < -0.4 is 4.31 Å². The van der Waals surface area contributed by atoms with Crippen molar-refractivity contribution in [3.8, 4) is 0 Å². The molecule has 1 heterocycles. The summed E-state index contributed by atoms with van der Waals surface area (Å²) in [7, 11) is -4.00. The summed E-state index contributed by atoms with van der Waals surface area (Å²) in [5.74, 6) is -0.244. The molecule has 6 nitrogen and oxygen atoms in total. The van der Waals surface area contributed by atoms with Crippen LogP contribution in [0.2, 0.25) is 5.02 Å². The number of benzene rings is 4. The Labute approximate surface area is 241 Å². The van der Waals surface area contributed by atoms with E-state index in [1.165, 1.54) is 11.1 Å². The van der Waals surface area contributed by atoms with Crippen molar-refractivity contribution in [3.05, 3.63) is 131 Å². The second-order valence-corrected chi connectivity index (χ2v) is 12.2. The molecule has 0 aromatic heterocycles. The normalized spacial score (nSPS) is 14.3. The number of halogens is 1. The van der Waals surface area contributed by atoms with E-state index in [1.54, 1.807) is 53.4 Å². The van der Waals surface area contributed by atoms with Gasteiger partial charge in [0, 0.05) is 31.2 Å². The number of piperazine rings is 1. The number of rotatable bonds is 8. The van der Waals surface area contributed by atoms with Crippen LogP contribution in [0.1, 0.15) is 22.7 Å². The number of aryl methyl sites for hydroxylation is 1. The molecule has 0 saturated carbocycles. The number of amides is 1. The number of carbonyl (C=O) groups excluding carboxylic acids is 1. The molecule has 0 spiro atoms. The zero-order chi connectivity index (χ0) is 28.1. The molecule has 1 aliphatic heterocycles. The third-order valence-corrected chi connectivity index (χ3v) is 9.27. The Morgan fingerprint density at radius 3 is 1.93 bits per heavy atom. The Morgan fingerprint density at radius 2 is 1.38 bits per heavy atom. The van der Waals surface area contributed by atoms with Crippen LogP contribution in [0.25, 0.3) is 0 Å². The van der Waals surface area contributed by atoms with Crippen molar-refractivity contribution < 1.29 is 13.2 Å². The fraction of sp³-hybridized carbons (Fsp3) is 0.219. The van der Waals surface area contributed by atoms with Gasteiger partial charge in [0.2, 0.25) is 5.91 Å². The third kappa shape index (κ3) is 6.22. The molecule has 4 aromatic carbocycles. The summed E-state index contributed by atoms with van der Waals surface area (Å²) in [5, 5.41) is 0.399. The van der Waals surface area contributed by atoms with E-state index < -0.39 is 10.0 Å². The van der Waals surface area contributed by atoms with Gasteiger partial charge in [-0.1, -0.05) is 96.0 Å². The van der Waals surface area contributed by atoms with E-state index in [9.17, 15) is 13.2 Å². The molecule has 1 amide bonds. The van der Waals surface area contributed by atoms with Crippen molar-refractivity contribution in [3.63, 3.8) is 0 Å². The molecule has 0 N–H and O–H groups in total. The number of anilines is 1. The van der Waals surface area contributed by atoms with Crippen molar-refractivity contribution in [1.82, 2.24) is 9.80 Å². The van der Waals surface area contributed by atoms with E-state index in [2.05, 4.69) is 29.2 Å². The lowest BCUT2D eigenvalue weighted by atomic mass is 9.96. The first-order valence-electron chi connectivity index (χ1n) is 13.3. The van der Waals surface area contributed by atoms with Gasteiger partial charge in [0.05, 0.1) is 16.6 Å². The Balaban J connectivity index is 1.35. The highest BCUT2D eigenvalue weighted by Gasteiger charge is 2.32. The Morgan fingerprint density at radius 1 is 0.800 bits per heavy atom. The monoisotopic (exact) mass is 573 g/mol. The summed E-state index contributed by atoms with van der Waals surface area (Å²) in [4.78, 5) is 17.8. The van der Waals surface area contributed by atoms with Crippen LogP contribution in [0.4, 0.5) is 5.69 Å². The van der Waals surface area contributed by atoms with Gasteiger partial charge >= 0.3 is 0 Å². The van der Waals surface area contributed by atoms with E-state index in [-0.39, 0.29) is 23.4 Å². The minimum absolute atomic E-state index is 0.0736. The first kappa shape index (κ1) is 27.9. The Hall–Kier alpha value is -3.65. The van der Waals surface area contributed by atoms with Crippen molar-refractivity contribution in [2.24, 2.45) is 0 Å². The molecule has 5 rings (SSSR count). The van der Waals surface area contributed by atoms with Gasteiger partial charge < -0.3 is 4.90 Å². The smallest absolute Gasteiger partial charge is 0.264 e. The molecular weight excluding hydrogens is 542 g/mol. The highest BCUT2D eigenvalue weighted by Crippen LogP contribution is 2.30. The van der Waals surface area contributed by atoms with Crippen molar-refractivity contribution >= 4 is 33.2 Å². The number of nitrogens with zero attached hydrogens (tertiary/aromatic N) is 3. The summed E-state index contributed by atoms with van der Waals surface area (Å²) in [6.07, 6.45) is 0. The minimum Gasteiger partial charge on any atom is -0.339 e. The summed E-state index contributed by atoms with van der Waals surface area (Å²) in [6.45, 7) is 3.93. The largest absolute Gasteiger partial charge is 0.339 e. The standard InChI is InChI=1S/C32H32ClN3O3S/c1-25-15-17-30(18-16-25)40(38,39)36(29-14-8-13-28(33)23-29)24-31(37)34-19-21-35(22-20-34)32(26-9-4-2-5-10-26)27-11-6-3-7-12-27/h2-18,23,32H,19-22,24H2,1H3. The third-order valence-electron chi connectivity index (χ3n) is 7.25. The van der Waals surface area contributed by atoms with Crippen LogP contribution >= 0.6 is 11.6 Å². The van der Waals surface area contributed by atoms with Gasteiger partial charge in [-0.05, 0) is 48.4 Å². The molecule has 1 fully saturated rings. The van der Waals surface area contributed by atoms with Crippen LogP contribution in [0.3, 0.4) is 0 Å². The average molecular weight is 574 g/mol. The lowest BCUT2D eigenvalue weighted by Crippen LogP contribution is -2.52. The van der Waals surface area contributed by atoms with Gasteiger partial charge in [-0.2, -0.15) is 0 Å². The lowest BCUT2D eigenvalue weighted by Gasteiger charge is -2.40. The lowest BCUT2D eigenvalue weighted by molar-refractivity contribution is -0.131. The number of sulfonamides is 1. The van der Waals surface area contributed by atoms with Gasteiger partial charge in [-0.3, -0.25) is 14.0 Å². The number of hydrogen-bond donors (Lipinski definition) is 0. The molecule has 0 bridgehead atoms. The fourth-order valence-electron chi connectivity index (χ4n) is 5.12. The van der Waals surface area contributed by atoms with Gasteiger partial charge in [0.15, 0.2) is 0 Å². The van der Waals surface area contributed by atoms with Crippen LogP contribution in [0.5, 0.6) is 0 Å². The maximum atomic E-state index is 13.7. The highest BCUT2D eigenvalue weighted by atomic mass is 35.5. The maximum Gasteiger partial charge on any atom is 0.264 e. The molecule has 0 radical (unpaired) electrons. The van der Waals surface area contributed by atoms with E-state index >= 15 is 0 Å². The van der Waals surface area contributed by atoms with Gasteiger partial charge in [0.25, 0.3) is 10.0 Å². The van der Waals surface area contributed by atoms with E-state index in [1.807, 2.05) is 43.3 Å². The summed E-state index contributed by atoms with van der Waals surface area (Å²) >= 11 is 6.22. The van der Waals surface area contributed by atoms with Gasteiger partial charge in [0.1, 0.15) is 6.54 Å². The molecule has 206 valence electrons. The molecular formula is C32H32ClN3O3S. The second-order valence-electron chi connectivity index (χ2n) is 9.95. The zero-order valence-electron chi connectivity index (χ0n) is 22.4. The van der Waals surface area contributed by atoms with Crippen LogP contribution in [-0.2, 0) is 14.8 Å². The van der Waals surface area contributed by atoms with E-state index in [0.29, 0.717) is 36.9 Å². The molecule has 1 saturated heterocycles. The molecule has 0 atom stereocenters. The summed E-state index contributed by atoms with van der Waals surface area (Å²) in [5.41, 5.74) is 3.70. The maximum absolute atomic E-state index is 13.7. The van der Waals surface area contributed by atoms with Crippen molar-refractivity contribution in [2.75, 3.05) is 37.0 Å².